The summed E-state index contributed by atoms with van der Waals surface area (Å²) >= 11 is 0. The molecule has 1 N–H and O–H groups in total. The number of hydrogen-bond donors (Lipinski definition) is 1. The van der Waals surface area contributed by atoms with Crippen LogP contribution in [0.2, 0.25) is 0 Å². The van der Waals surface area contributed by atoms with Crippen LogP contribution >= 0.6 is 0 Å². The minimum atomic E-state index is -0.271. The summed E-state index contributed by atoms with van der Waals surface area (Å²) in [6.07, 6.45) is 6.91. The third-order valence-electron chi connectivity index (χ3n) is 10.3. The van der Waals surface area contributed by atoms with Gasteiger partial charge < -0.3 is 14.5 Å². The molecule has 2 aromatic heterocycles. The number of nitrogens with zero attached hydrogens (tertiary/aromatic N) is 1. The molecule has 2 heterocycles. The van der Waals surface area contributed by atoms with Crippen molar-refractivity contribution >= 4 is 38.5 Å². The first-order valence-electron chi connectivity index (χ1n) is 17.4. The molecule has 4 aromatic carbocycles. The Labute approximate surface area is 304 Å². The molecule has 0 unspecified atom stereocenters. The number of rotatable bonds is 8. The van der Waals surface area contributed by atoms with Crippen molar-refractivity contribution in [1.82, 2.24) is 4.98 Å². The number of aromatic nitrogens is 1. The van der Waals surface area contributed by atoms with Gasteiger partial charge in [-0.25, -0.2) is 0 Å². The summed E-state index contributed by atoms with van der Waals surface area (Å²) in [6, 6.07) is 29.2. The van der Waals surface area contributed by atoms with Crippen LogP contribution in [0.3, 0.4) is 0 Å². The Morgan fingerprint density at radius 3 is 2.29 bits per heavy atom. The van der Waals surface area contributed by atoms with Crippen LogP contribution in [-0.4, -0.2) is 15.9 Å². The topological polar surface area (TPSA) is 63.3 Å². The molecule has 4 nitrogen and oxygen atoms in total. The molecule has 1 aliphatic rings. The first kappa shape index (κ1) is 36.2. The molecule has 1 radical (unpaired) electrons. The van der Waals surface area contributed by atoms with E-state index in [0.717, 1.165) is 64.6 Å². The van der Waals surface area contributed by atoms with Crippen molar-refractivity contribution in [2.75, 3.05) is 0 Å². The van der Waals surface area contributed by atoms with Crippen molar-refractivity contribution in [3.8, 4) is 22.4 Å². The fourth-order valence-corrected chi connectivity index (χ4v) is 7.47. The maximum absolute atomic E-state index is 11.7. The Kier molecular flexibility index (Phi) is 11.0. The van der Waals surface area contributed by atoms with E-state index in [-0.39, 0.29) is 48.9 Å². The van der Waals surface area contributed by atoms with Gasteiger partial charge in [-0.3, -0.25) is 4.79 Å². The first-order valence-corrected chi connectivity index (χ1v) is 17.4. The predicted molar refractivity (Wildman–Crippen MR) is 199 cm³/mol. The fraction of sp³-hybridized carbons (Fsp3) is 0.318. The van der Waals surface area contributed by atoms with Crippen LogP contribution in [0.4, 0.5) is 0 Å². The van der Waals surface area contributed by atoms with E-state index in [2.05, 4.69) is 81.4 Å². The molecule has 0 bridgehead atoms. The Bertz CT molecular complexity index is 2150. The third kappa shape index (κ3) is 6.52. The summed E-state index contributed by atoms with van der Waals surface area (Å²) < 4.78 is 6.56. The summed E-state index contributed by atoms with van der Waals surface area (Å²) in [5.74, 6) is 0.547. The smallest absolute Gasteiger partial charge is 0.162 e. The van der Waals surface area contributed by atoms with Crippen LogP contribution in [0, 0.1) is 24.8 Å². The van der Waals surface area contributed by atoms with Crippen molar-refractivity contribution in [3.63, 3.8) is 0 Å². The van der Waals surface area contributed by atoms with Crippen molar-refractivity contribution in [2.45, 2.75) is 79.6 Å². The molecular weight excluding hydrogens is 783 g/mol. The normalized spacial score (nSPS) is 13.4. The summed E-state index contributed by atoms with van der Waals surface area (Å²) in [7, 11) is 0. The van der Waals surface area contributed by atoms with Crippen molar-refractivity contribution in [1.29, 1.82) is 0 Å². The molecule has 0 atom stereocenters. The fourth-order valence-electron chi connectivity index (χ4n) is 7.47. The van der Waals surface area contributed by atoms with E-state index >= 15 is 0 Å². The van der Waals surface area contributed by atoms with Crippen LogP contribution in [0.1, 0.15) is 83.9 Å². The molecule has 255 valence electrons. The number of carbonyl (C=O) groups is 1. The number of pyridine rings is 1. The van der Waals surface area contributed by atoms with Gasteiger partial charge in [0.25, 0.3) is 0 Å². The van der Waals surface area contributed by atoms with E-state index in [1.165, 1.54) is 38.9 Å². The number of furan rings is 1. The van der Waals surface area contributed by atoms with Gasteiger partial charge in [0, 0.05) is 55.2 Å². The van der Waals surface area contributed by atoms with Crippen LogP contribution in [0.15, 0.2) is 95.2 Å². The Morgan fingerprint density at radius 1 is 0.918 bits per heavy atom. The zero-order valence-corrected chi connectivity index (χ0v) is 32.0. The predicted octanol–water partition coefficient (Wildman–Crippen LogP) is 12.1. The number of aliphatic hydroxyl groups excluding tert-OH is 1. The second-order valence-corrected chi connectivity index (χ2v) is 13.6. The second kappa shape index (κ2) is 14.8. The molecule has 0 amide bonds. The van der Waals surface area contributed by atoms with Gasteiger partial charge in [-0.05, 0) is 71.1 Å². The summed E-state index contributed by atoms with van der Waals surface area (Å²) in [4.78, 5) is 16.7. The van der Waals surface area contributed by atoms with Crippen molar-refractivity contribution < 1.29 is 34.4 Å². The number of allylic oxidation sites excluding steroid dienone is 2. The van der Waals surface area contributed by atoms with E-state index in [0.29, 0.717) is 0 Å². The molecule has 5 heteroatoms. The van der Waals surface area contributed by atoms with Gasteiger partial charge in [-0.15, -0.1) is 17.7 Å². The number of hydrogen-bond acceptors (Lipinski definition) is 4. The first-order chi connectivity index (χ1) is 23.1. The van der Waals surface area contributed by atoms with E-state index in [4.69, 9.17) is 9.40 Å². The number of ketones is 1. The Balaban J connectivity index is 0.000000252. The maximum atomic E-state index is 11.7. The van der Waals surface area contributed by atoms with Gasteiger partial charge in [0.15, 0.2) is 5.78 Å². The molecule has 0 saturated heterocycles. The average molecular weight is 829 g/mol. The largest absolute Gasteiger partial charge is 0.512 e. The molecule has 49 heavy (non-hydrogen) atoms. The van der Waals surface area contributed by atoms with Gasteiger partial charge in [0.05, 0.1) is 11.3 Å². The van der Waals surface area contributed by atoms with Gasteiger partial charge in [-0.2, -0.15) is 0 Å². The molecule has 1 aliphatic carbocycles. The van der Waals surface area contributed by atoms with Crippen LogP contribution in [-0.2, 0) is 30.3 Å². The molecule has 6 aromatic rings. The molecule has 7 rings (SSSR count). The van der Waals surface area contributed by atoms with Crippen LogP contribution < -0.4 is 0 Å². The number of fused-ring (bicyclic) bond motifs is 4. The molecule has 0 fully saturated rings. The van der Waals surface area contributed by atoms with E-state index < -0.39 is 0 Å². The second-order valence-electron chi connectivity index (χ2n) is 13.6. The molecule has 0 saturated carbocycles. The number of carbonyl (C=O) groups excluding carboxylic acids is 1. The SMILES string of the molecule is CCC(CC)C(=O)/C=C(\O)C(CC)CC.Cc1ccc2cnc3c(c2c1)C(C)(C)c1ccc(-c2ccccc2)c2oc4cc[c-]c-3c4c12.[Ir]. The summed E-state index contributed by atoms with van der Waals surface area (Å²) in [5.41, 5.74) is 9.65. The Hall–Kier alpha value is -4.05. The standard InChI is InChI=1S/C31H22NO.C13H24O2.Ir/c1-18-12-13-20-17-32-29-22-10-7-11-25-26(22)27-24(31(2,3)28(29)23(20)16-18)15-14-21(30(27)33-25)19-8-5-4-6-9-19;1-5-10(6-2)12(14)9-13(15)11(7-3)8-4;/h4-9,11-17H,1-3H3;9-11,14H,5-8H2,1-4H3;/q-1;;/b;12-9-;. The van der Waals surface area contributed by atoms with Gasteiger partial charge in [0.2, 0.25) is 0 Å². The van der Waals surface area contributed by atoms with E-state index in [9.17, 15) is 9.90 Å². The summed E-state index contributed by atoms with van der Waals surface area (Å²) in [5, 5.41) is 14.5. The minimum Gasteiger partial charge on any atom is -0.512 e. The van der Waals surface area contributed by atoms with Crippen LogP contribution in [0.25, 0.3) is 55.1 Å². The maximum Gasteiger partial charge on any atom is 0.162 e. The third-order valence-corrected chi connectivity index (χ3v) is 10.3. The van der Waals surface area contributed by atoms with Crippen molar-refractivity contribution in [3.05, 3.63) is 114 Å². The molecular formula is C44H46IrNO3-. The molecule has 0 aliphatic heterocycles. The Morgan fingerprint density at radius 2 is 1.61 bits per heavy atom. The van der Waals surface area contributed by atoms with Gasteiger partial charge in [-0.1, -0.05) is 119 Å². The van der Waals surface area contributed by atoms with Gasteiger partial charge in [0.1, 0.15) is 5.58 Å². The monoisotopic (exact) mass is 829 g/mol. The minimum absolute atomic E-state index is 0. The van der Waals surface area contributed by atoms with Crippen molar-refractivity contribution in [2.24, 2.45) is 11.8 Å². The zero-order chi connectivity index (χ0) is 34.2. The van der Waals surface area contributed by atoms with E-state index in [1.807, 2.05) is 52.1 Å². The van der Waals surface area contributed by atoms with E-state index in [1.54, 1.807) is 0 Å². The van der Waals surface area contributed by atoms with Gasteiger partial charge >= 0.3 is 0 Å². The zero-order valence-electron chi connectivity index (χ0n) is 29.6. The number of aryl methyl sites for hydroxylation is 1. The summed E-state index contributed by atoms with van der Waals surface area (Å²) in [6.45, 7) is 14.9. The number of benzene rings is 4. The average Bonchev–Trinajstić information content (AvgIpc) is 3.45. The quantitative estimate of drug-likeness (QED) is 0.0943. The van der Waals surface area contributed by atoms with Crippen LogP contribution in [0.5, 0.6) is 0 Å². The number of aliphatic hydroxyl groups is 1. The molecule has 0 spiro atoms.